The molecule has 1 aromatic rings. The lowest BCUT2D eigenvalue weighted by Gasteiger charge is -2.30. The molecule has 1 unspecified atom stereocenters. The summed E-state index contributed by atoms with van der Waals surface area (Å²) in [6.45, 7) is 0. The fourth-order valence-corrected chi connectivity index (χ4v) is 1.51. The van der Waals surface area contributed by atoms with Crippen LogP contribution < -0.4 is 11.3 Å². The third-order valence-corrected chi connectivity index (χ3v) is 2.26. The van der Waals surface area contributed by atoms with Crippen molar-refractivity contribution >= 4 is 0 Å². The second-order valence-corrected chi connectivity index (χ2v) is 3.49. The maximum Gasteiger partial charge on any atom is 0.402 e. The summed E-state index contributed by atoms with van der Waals surface area (Å²) in [6.07, 6.45) is -8.81. The number of nitrogens with two attached hydrogens (primary N) is 1. The normalized spacial score (nSPS) is 14.9. The number of hydrogen-bond acceptors (Lipinski definition) is 3. The lowest BCUT2D eigenvalue weighted by atomic mass is 9.93. The van der Waals surface area contributed by atoms with E-state index in [-0.39, 0.29) is 5.56 Å². The lowest BCUT2D eigenvalue weighted by Crippen LogP contribution is -2.47. The highest BCUT2D eigenvalue weighted by molar-refractivity contribution is 5.16. The molecule has 1 atom stereocenters. The van der Waals surface area contributed by atoms with Gasteiger partial charge >= 0.3 is 12.4 Å². The summed E-state index contributed by atoms with van der Waals surface area (Å²) in [5.41, 5.74) is 1.26. The molecule has 0 saturated heterocycles. The van der Waals surface area contributed by atoms with E-state index < -0.39 is 24.3 Å². The summed E-state index contributed by atoms with van der Waals surface area (Å²) in [4.78, 5) is 3.47. The second kappa shape index (κ2) is 5.11. The van der Waals surface area contributed by atoms with Crippen LogP contribution >= 0.6 is 0 Å². The van der Waals surface area contributed by atoms with Crippen LogP contribution in [-0.2, 0) is 0 Å². The van der Waals surface area contributed by atoms with E-state index in [2.05, 4.69) is 4.98 Å². The fraction of sp³-hybridized carbons (Fsp3) is 0.444. The highest BCUT2D eigenvalue weighted by atomic mass is 19.4. The van der Waals surface area contributed by atoms with E-state index >= 15 is 0 Å². The molecule has 3 nitrogen and oxygen atoms in total. The van der Waals surface area contributed by atoms with Crippen LogP contribution in [0.4, 0.5) is 26.3 Å². The number of rotatable bonds is 3. The largest absolute Gasteiger partial charge is 0.402 e. The van der Waals surface area contributed by atoms with E-state index in [0.717, 1.165) is 12.3 Å². The summed E-state index contributed by atoms with van der Waals surface area (Å²) >= 11 is 0. The van der Waals surface area contributed by atoms with Crippen molar-refractivity contribution in [2.45, 2.75) is 18.4 Å². The minimum Gasteiger partial charge on any atom is -0.271 e. The van der Waals surface area contributed by atoms with Crippen LogP contribution in [0, 0.1) is 5.92 Å². The quantitative estimate of drug-likeness (QED) is 0.505. The Hall–Kier alpha value is -1.35. The van der Waals surface area contributed by atoms with Crippen molar-refractivity contribution in [3.05, 3.63) is 30.1 Å². The fourth-order valence-electron chi connectivity index (χ4n) is 1.51. The van der Waals surface area contributed by atoms with Gasteiger partial charge in [-0.25, -0.2) is 0 Å². The third kappa shape index (κ3) is 3.33. The summed E-state index contributed by atoms with van der Waals surface area (Å²) < 4.78 is 75.0. The average Bonchev–Trinajstić information content (AvgIpc) is 2.23. The topological polar surface area (TPSA) is 50.9 Å². The minimum atomic E-state index is -5.47. The highest BCUT2D eigenvalue weighted by Gasteiger charge is 2.60. The first-order chi connectivity index (χ1) is 8.18. The molecule has 9 heteroatoms. The molecule has 0 aliphatic heterocycles. The van der Waals surface area contributed by atoms with Gasteiger partial charge in [-0.05, 0) is 11.6 Å². The Bertz CT molecular complexity index is 360. The van der Waals surface area contributed by atoms with Gasteiger partial charge in [0.05, 0.1) is 6.04 Å². The van der Waals surface area contributed by atoms with Crippen LogP contribution in [0.5, 0.6) is 0 Å². The second-order valence-electron chi connectivity index (χ2n) is 3.49. The maximum atomic E-state index is 12.5. The Balaban J connectivity index is 3.19. The maximum absolute atomic E-state index is 12.5. The van der Waals surface area contributed by atoms with Crippen molar-refractivity contribution in [3.63, 3.8) is 0 Å². The van der Waals surface area contributed by atoms with Gasteiger partial charge in [-0.3, -0.25) is 16.3 Å². The molecule has 0 aromatic carbocycles. The number of hydrazine groups is 1. The van der Waals surface area contributed by atoms with Crippen LogP contribution in [0.1, 0.15) is 11.6 Å². The Morgan fingerprint density at radius 1 is 1.11 bits per heavy atom. The van der Waals surface area contributed by atoms with E-state index in [4.69, 9.17) is 5.84 Å². The standard InChI is InChI=1S/C9H9F6N3/c10-8(11,12)7(9(13,14)15)6(18-16)5-2-1-3-17-4-5/h1-4,6-7,18H,16H2. The number of nitrogens with one attached hydrogen (secondary N) is 1. The van der Waals surface area contributed by atoms with Gasteiger partial charge in [0, 0.05) is 12.4 Å². The first-order valence-electron chi connectivity index (χ1n) is 4.67. The Kier molecular flexibility index (Phi) is 4.17. The van der Waals surface area contributed by atoms with E-state index in [0.29, 0.717) is 0 Å². The monoisotopic (exact) mass is 273 g/mol. The first kappa shape index (κ1) is 14.7. The van der Waals surface area contributed by atoms with Crippen LogP contribution in [0.25, 0.3) is 0 Å². The number of hydrogen-bond donors (Lipinski definition) is 2. The number of nitrogens with zero attached hydrogens (tertiary/aromatic N) is 1. The van der Waals surface area contributed by atoms with Crippen molar-refractivity contribution in [2.75, 3.05) is 0 Å². The SMILES string of the molecule is NNC(c1cccnc1)C(C(F)(F)F)C(F)(F)F. The molecule has 0 bridgehead atoms. The number of alkyl halides is 6. The van der Waals surface area contributed by atoms with Crippen molar-refractivity contribution in [1.82, 2.24) is 10.4 Å². The van der Waals surface area contributed by atoms with Gasteiger partial charge in [0.1, 0.15) is 0 Å². The van der Waals surface area contributed by atoms with Crippen molar-refractivity contribution in [1.29, 1.82) is 0 Å². The van der Waals surface area contributed by atoms with Crippen LogP contribution in [0.2, 0.25) is 0 Å². The van der Waals surface area contributed by atoms with E-state index in [1.54, 1.807) is 5.43 Å². The summed E-state index contributed by atoms with van der Waals surface area (Å²) in [5.74, 6) is 1.22. The van der Waals surface area contributed by atoms with E-state index in [1.807, 2.05) is 0 Å². The molecule has 0 aliphatic carbocycles. The molecule has 0 fully saturated rings. The van der Waals surface area contributed by atoms with E-state index in [9.17, 15) is 26.3 Å². The molecule has 1 aromatic heterocycles. The van der Waals surface area contributed by atoms with Gasteiger partial charge in [-0.15, -0.1) is 0 Å². The predicted molar refractivity (Wildman–Crippen MR) is 49.9 cm³/mol. The van der Waals surface area contributed by atoms with Crippen LogP contribution in [0.3, 0.4) is 0 Å². The summed E-state index contributed by atoms with van der Waals surface area (Å²) in [5, 5.41) is 0. The number of aromatic nitrogens is 1. The van der Waals surface area contributed by atoms with Crippen LogP contribution in [-0.4, -0.2) is 17.3 Å². The zero-order chi connectivity index (χ0) is 14.0. The number of halogens is 6. The first-order valence-corrected chi connectivity index (χ1v) is 4.67. The summed E-state index contributed by atoms with van der Waals surface area (Å²) in [6, 6.07) is 0.171. The smallest absolute Gasteiger partial charge is 0.271 e. The van der Waals surface area contributed by atoms with E-state index in [1.165, 1.54) is 12.3 Å². The Labute approximate surface area is 98.0 Å². The molecule has 3 N–H and O–H groups in total. The molecular formula is C9H9F6N3. The molecule has 0 saturated carbocycles. The third-order valence-electron chi connectivity index (χ3n) is 2.26. The Morgan fingerprint density at radius 2 is 1.67 bits per heavy atom. The van der Waals surface area contributed by atoms with Gasteiger partial charge in [0.25, 0.3) is 0 Å². The van der Waals surface area contributed by atoms with Gasteiger partial charge < -0.3 is 0 Å². The van der Waals surface area contributed by atoms with Crippen molar-refractivity contribution in [2.24, 2.45) is 11.8 Å². The predicted octanol–water partition coefficient (Wildman–Crippen LogP) is 2.33. The molecule has 0 radical (unpaired) electrons. The van der Waals surface area contributed by atoms with Crippen LogP contribution in [0.15, 0.2) is 24.5 Å². The molecule has 102 valence electrons. The average molecular weight is 273 g/mol. The zero-order valence-electron chi connectivity index (χ0n) is 8.76. The van der Waals surface area contributed by atoms with Gasteiger partial charge in [-0.1, -0.05) is 6.07 Å². The van der Waals surface area contributed by atoms with Gasteiger partial charge in [0.15, 0.2) is 5.92 Å². The molecule has 18 heavy (non-hydrogen) atoms. The lowest BCUT2D eigenvalue weighted by molar-refractivity contribution is -0.292. The summed E-state index contributed by atoms with van der Waals surface area (Å²) in [7, 11) is 0. The highest BCUT2D eigenvalue weighted by Crippen LogP contribution is 2.45. The molecule has 0 spiro atoms. The minimum absolute atomic E-state index is 0.292. The van der Waals surface area contributed by atoms with Crippen molar-refractivity contribution < 1.29 is 26.3 Å². The molecular weight excluding hydrogens is 264 g/mol. The zero-order valence-corrected chi connectivity index (χ0v) is 8.76. The molecule has 0 aliphatic rings. The molecule has 1 rings (SSSR count). The van der Waals surface area contributed by atoms with Crippen molar-refractivity contribution in [3.8, 4) is 0 Å². The van der Waals surface area contributed by atoms with Gasteiger partial charge in [0.2, 0.25) is 0 Å². The molecule has 1 heterocycles. The van der Waals surface area contributed by atoms with Gasteiger partial charge in [-0.2, -0.15) is 26.3 Å². The number of pyridine rings is 1. The Morgan fingerprint density at radius 3 is 2.00 bits per heavy atom. The molecule has 0 amide bonds.